The van der Waals surface area contributed by atoms with Crippen LogP contribution < -0.4 is 15.4 Å². The van der Waals surface area contributed by atoms with Crippen molar-refractivity contribution in [1.29, 1.82) is 0 Å². The van der Waals surface area contributed by atoms with E-state index in [1.165, 1.54) is 0 Å². The van der Waals surface area contributed by atoms with Crippen LogP contribution in [0.5, 0.6) is 5.75 Å². The van der Waals surface area contributed by atoms with Gasteiger partial charge in [0.05, 0.1) is 24.5 Å². The predicted octanol–water partition coefficient (Wildman–Crippen LogP) is 3.55. The summed E-state index contributed by atoms with van der Waals surface area (Å²) in [5.74, 6) is -1.24. The minimum Gasteiger partial charge on any atom is -0.492 e. The van der Waals surface area contributed by atoms with E-state index in [0.29, 0.717) is 29.3 Å². The Labute approximate surface area is 192 Å². The van der Waals surface area contributed by atoms with E-state index in [1.54, 1.807) is 55.5 Å². The van der Waals surface area contributed by atoms with Gasteiger partial charge in [-0.2, -0.15) is 0 Å². The van der Waals surface area contributed by atoms with E-state index >= 15 is 0 Å². The van der Waals surface area contributed by atoms with Gasteiger partial charge in [-0.05, 0) is 56.7 Å². The molecule has 2 aromatic rings. The van der Waals surface area contributed by atoms with Crippen molar-refractivity contribution in [2.24, 2.45) is 0 Å². The zero-order chi connectivity index (χ0) is 24.1. The molecule has 0 aromatic heterocycles. The molecule has 176 valence electrons. The van der Waals surface area contributed by atoms with Crippen molar-refractivity contribution in [2.45, 2.75) is 33.1 Å². The Kier molecular flexibility index (Phi) is 10.4. The number of amides is 2. The number of carbonyl (C=O) groups is 4. The first kappa shape index (κ1) is 25.4. The fourth-order valence-corrected chi connectivity index (χ4v) is 2.78. The van der Waals surface area contributed by atoms with Crippen LogP contribution in [0.1, 0.15) is 43.5 Å². The van der Waals surface area contributed by atoms with Crippen molar-refractivity contribution < 1.29 is 33.4 Å². The van der Waals surface area contributed by atoms with Crippen LogP contribution in [0, 0.1) is 0 Å². The van der Waals surface area contributed by atoms with Crippen LogP contribution in [0.25, 0.3) is 0 Å². The van der Waals surface area contributed by atoms with E-state index < -0.39 is 24.5 Å². The van der Waals surface area contributed by atoms with E-state index in [2.05, 4.69) is 10.6 Å². The van der Waals surface area contributed by atoms with E-state index in [4.69, 9.17) is 14.2 Å². The molecule has 0 unspecified atom stereocenters. The Bertz CT molecular complexity index is 958. The number of benzene rings is 2. The zero-order valence-electron chi connectivity index (χ0n) is 18.7. The van der Waals surface area contributed by atoms with Crippen molar-refractivity contribution in [3.63, 3.8) is 0 Å². The van der Waals surface area contributed by atoms with E-state index in [0.717, 1.165) is 0 Å². The van der Waals surface area contributed by atoms with Gasteiger partial charge in [0.25, 0.3) is 5.91 Å². The van der Waals surface area contributed by atoms with E-state index in [9.17, 15) is 19.2 Å². The summed E-state index contributed by atoms with van der Waals surface area (Å²) in [6.07, 6.45) is 0.362. The number of rotatable bonds is 12. The Morgan fingerprint density at radius 2 is 1.52 bits per heavy atom. The van der Waals surface area contributed by atoms with Crippen molar-refractivity contribution in [3.05, 3.63) is 54.1 Å². The smallest absolute Gasteiger partial charge is 0.338 e. The fraction of sp³-hybridized carbons (Fsp3) is 0.333. The summed E-state index contributed by atoms with van der Waals surface area (Å²) in [5, 5.41) is 5.32. The largest absolute Gasteiger partial charge is 0.492 e. The lowest BCUT2D eigenvalue weighted by Crippen LogP contribution is -2.21. The van der Waals surface area contributed by atoms with Gasteiger partial charge in [0, 0.05) is 18.5 Å². The highest BCUT2D eigenvalue weighted by Gasteiger charge is 2.12. The second-order valence-electron chi connectivity index (χ2n) is 6.84. The zero-order valence-corrected chi connectivity index (χ0v) is 18.7. The maximum Gasteiger partial charge on any atom is 0.338 e. The van der Waals surface area contributed by atoms with E-state index in [1.807, 2.05) is 6.92 Å². The molecule has 33 heavy (non-hydrogen) atoms. The van der Waals surface area contributed by atoms with Crippen LogP contribution in [0.15, 0.2) is 48.5 Å². The summed E-state index contributed by atoms with van der Waals surface area (Å²) in [5.41, 5.74) is 1.41. The van der Waals surface area contributed by atoms with Gasteiger partial charge in [0.15, 0.2) is 6.61 Å². The van der Waals surface area contributed by atoms with Crippen molar-refractivity contribution in [2.75, 3.05) is 30.5 Å². The Morgan fingerprint density at radius 3 is 2.21 bits per heavy atom. The second-order valence-corrected chi connectivity index (χ2v) is 6.84. The van der Waals surface area contributed by atoms with Crippen LogP contribution in [0.3, 0.4) is 0 Å². The highest BCUT2D eigenvalue weighted by Crippen LogP contribution is 2.23. The maximum absolute atomic E-state index is 12.0. The molecule has 0 saturated heterocycles. The molecule has 2 rings (SSSR count). The normalized spacial score (nSPS) is 10.1. The summed E-state index contributed by atoms with van der Waals surface area (Å²) < 4.78 is 15.3. The number of hydrogen-bond acceptors (Lipinski definition) is 7. The third kappa shape index (κ3) is 9.02. The van der Waals surface area contributed by atoms with Gasteiger partial charge in [-0.25, -0.2) is 4.79 Å². The van der Waals surface area contributed by atoms with Crippen LogP contribution in [-0.2, 0) is 23.9 Å². The molecule has 0 aliphatic rings. The quantitative estimate of drug-likeness (QED) is 0.469. The highest BCUT2D eigenvalue weighted by molar-refractivity contribution is 5.94. The van der Waals surface area contributed by atoms with Gasteiger partial charge >= 0.3 is 11.9 Å². The lowest BCUT2D eigenvalue weighted by Gasteiger charge is -2.11. The number of hydrogen-bond donors (Lipinski definition) is 2. The van der Waals surface area contributed by atoms with Crippen LogP contribution in [0.4, 0.5) is 11.4 Å². The molecule has 0 radical (unpaired) electrons. The lowest BCUT2D eigenvalue weighted by molar-refractivity contribution is -0.147. The molecule has 0 bridgehead atoms. The number of anilines is 2. The molecule has 0 fully saturated rings. The number of carbonyl (C=O) groups excluding carboxylic acids is 4. The minimum absolute atomic E-state index is 0.00196. The average molecular weight is 456 g/mol. The summed E-state index contributed by atoms with van der Waals surface area (Å²) in [6, 6.07) is 13.3. The van der Waals surface area contributed by atoms with Crippen molar-refractivity contribution in [1.82, 2.24) is 0 Å². The molecule has 0 spiro atoms. The summed E-state index contributed by atoms with van der Waals surface area (Å²) in [4.78, 5) is 47.6. The minimum atomic E-state index is -0.574. The molecular weight excluding hydrogens is 428 g/mol. The molecule has 0 saturated carbocycles. The molecule has 2 N–H and O–H groups in total. The Morgan fingerprint density at radius 1 is 0.788 bits per heavy atom. The molecule has 0 atom stereocenters. The molecule has 0 aliphatic carbocycles. The highest BCUT2D eigenvalue weighted by atomic mass is 16.5. The maximum atomic E-state index is 12.0. The SMILES string of the molecule is CCOC(=O)c1ccc(NC(=O)CCCC(=O)OCC(=O)Nc2ccccc2OCC)cc1. The molecule has 0 heterocycles. The third-order valence-corrected chi connectivity index (χ3v) is 4.29. The van der Waals surface area contributed by atoms with Gasteiger partial charge in [0.1, 0.15) is 5.75 Å². The first-order valence-electron chi connectivity index (χ1n) is 10.7. The first-order valence-corrected chi connectivity index (χ1v) is 10.7. The molecule has 0 aliphatic heterocycles. The van der Waals surface area contributed by atoms with Crippen LogP contribution in [0.2, 0.25) is 0 Å². The second kappa shape index (κ2) is 13.5. The average Bonchev–Trinajstić information content (AvgIpc) is 2.80. The number of para-hydroxylation sites is 2. The molecule has 2 amide bonds. The van der Waals surface area contributed by atoms with Gasteiger partial charge in [-0.15, -0.1) is 0 Å². The van der Waals surface area contributed by atoms with Crippen LogP contribution >= 0.6 is 0 Å². The molecule has 2 aromatic carbocycles. The molecule has 9 nitrogen and oxygen atoms in total. The summed E-state index contributed by atoms with van der Waals surface area (Å²) in [6.45, 7) is 3.86. The predicted molar refractivity (Wildman–Crippen MR) is 122 cm³/mol. The number of nitrogens with one attached hydrogen (secondary N) is 2. The van der Waals surface area contributed by atoms with E-state index in [-0.39, 0.29) is 31.8 Å². The lowest BCUT2D eigenvalue weighted by atomic mass is 10.2. The summed E-state index contributed by atoms with van der Waals surface area (Å²) >= 11 is 0. The Balaban J connectivity index is 1.67. The monoisotopic (exact) mass is 456 g/mol. The van der Waals surface area contributed by atoms with Gasteiger partial charge in [-0.1, -0.05) is 12.1 Å². The van der Waals surface area contributed by atoms with Gasteiger partial charge in [-0.3, -0.25) is 14.4 Å². The third-order valence-electron chi connectivity index (χ3n) is 4.29. The Hall–Kier alpha value is -3.88. The first-order chi connectivity index (χ1) is 15.9. The number of esters is 2. The van der Waals surface area contributed by atoms with Gasteiger partial charge in [0.2, 0.25) is 5.91 Å². The standard InChI is InChI=1S/C24H28N2O7/c1-3-31-20-9-6-5-8-19(20)26-22(28)16-33-23(29)11-7-10-21(27)25-18-14-12-17(13-15-18)24(30)32-4-2/h5-6,8-9,12-15H,3-4,7,10-11,16H2,1-2H3,(H,25,27)(H,26,28). The summed E-state index contributed by atoms with van der Waals surface area (Å²) in [7, 11) is 0. The van der Waals surface area contributed by atoms with Gasteiger partial charge < -0.3 is 24.8 Å². The fourth-order valence-electron chi connectivity index (χ4n) is 2.78. The molecule has 9 heteroatoms. The van der Waals surface area contributed by atoms with Crippen molar-refractivity contribution in [3.8, 4) is 5.75 Å². The molecular formula is C24H28N2O7. The van der Waals surface area contributed by atoms with Crippen LogP contribution in [-0.4, -0.2) is 43.6 Å². The van der Waals surface area contributed by atoms with Crippen molar-refractivity contribution >= 4 is 35.1 Å². The topological polar surface area (TPSA) is 120 Å². The number of ether oxygens (including phenoxy) is 3.